The Morgan fingerprint density at radius 3 is 2.62 bits per heavy atom. The van der Waals surface area contributed by atoms with E-state index < -0.39 is 17.4 Å². The second kappa shape index (κ2) is 9.34. The van der Waals surface area contributed by atoms with Gasteiger partial charge in [-0.2, -0.15) is 13.2 Å². The summed E-state index contributed by atoms with van der Waals surface area (Å²) in [7, 11) is 0. The van der Waals surface area contributed by atoms with Crippen LogP contribution >= 0.6 is 11.3 Å². The number of pyridine rings is 1. The molecule has 1 atom stereocenters. The Morgan fingerprint density at radius 2 is 1.91 bits per heavy atom. The van der Waals surface area contributed by atoms with Crippen molar-refractivity contribution in [3.63, 3.8) is 0 Å². The molecule has 3 N–H and O–H groups in total. The van der Waals surface area contributed by atoms with Gasteiger partial charge in [-0.3, -0.25) is 4.90 Å². The van der Waals surface area contributed by atoms with Crippen LogP contribution in [0.15, 0.2) is 30.3 Å². The highest BCUT2D eigenvalue weighted by molar-refractivity contribution is 7.22. The molecule has 0 bridgehead atoms. The lowest BCUT2D eigenvalue weighted by atomic mass is 9.85. The van der Waals surface area contributed by atoms with Gasteiger partial charge in [-0.05, 0) is 69.0 Å². The first-order valence-electron chi connectivity index (χ1n) is 11.7. The Labute approximate surface area is 202 Å². The molecule has 1 aliphatic rings. The fraction of sp³-hybridized carbons (Fsp3) is 0.520. The number of hydrogen-bond donors (Lipinski definition) is 2. The highest BCUT2D eigenvalue weighted by Gasteiger charge is 2.38. The van der Waals surface area contributed by atoms with Crippen molar-refractivity contribution < 1.29 is 13.2 Å². The maximum absolute atomic E-state index is 13.6. The predicted octanol–water partition coefficient (Wildman–Crippen LogP) is 6.66. The molecule has 34 heavy (non-hydrogen) atoms. The van der Waals surface area contributed by atoms with E-state index >= 15 is 0 Å². The number of thiazole rings is 1. The summed E-state index contributed by atoms with van der Waals surface area (Å²) in [6.07, 6.45) is -1.29. The summed E-state index contributed by atoms with van der Waals surface area (Å²) in [6, 6.07) is 8.37. The van der Waals surface area contributed by atoms with E-state index in [4.69, 9.17) is 5.73 Å². The molecular formula is C25H32F3N5S. The van der Waals surface area contributed by atoms with Crippen LogP contribution in [0, 0.1) is 5.92 Å². The minimum Gasteiger partial charge on any atom is -0.375 e. The Hall–Kier alpha value is -2.39. The third-order valence-electron chi connectivity index (χ3n) is 6.39. The van der Waals surface area contributed by atoms with Crippen LogP contribution in [0.3, 0.4) is 0 Å². The second-order valence-electron chi connectivity index (χ2n) is 10.1. The number of piperidine rings is 1. The van der Waals surface area contributed by atoms with Crippen LogP contribution in [0.5, 0.6) is 0 Å². The Bertz CT molecular complexity index is 1160. The minimum atomic E-state index is -4.53. The van der Waals surface area contributed by atoms with Gasteiger partial charge in [0.2, 0.25) is 0 Å². The molecule has 0 aliphatic carbocycles. The second-order valence-corrected chi connectivity index (χ2v) is 11.1. The Morgan fingerprint density at radius 1 is 1.15 bits per heavy atom. The van der Waals surface area contributed by atoms with Gasteiger partial charge in [-0.25, -0.2) is 9.97 Å². The number of anilines is 2. The molecule has 9 heteroatoms. The predicted molar refractivity (Wildman–Crippen MR) is 134 cm³/mol. The molecule has 0 amide bonds. The number of aromatic nitrogens is 2. The van der Waals surface area contributed by atoms with Crippen molar-refractivity contribution in [1.82, 2.24) is 14.9 Å². The van der Waals surface area contributed by atoms with Crippen LogP contribution in [0.4, 0.5) is 24.1 Å². The molecule has 3 aromatic rings. The molecule has 0 radical (unpaired) electrons. The molecule has 2 aromatic heterocycles. The fourth-order valence-electron chi connectivity index (χ4n) is 4.94. The molecular weight excluding hydrogens is 459 g/mol. The standard InChI is InChI=1S/C25H32F3N5S/c1-15(2)14-33-12-6-5-7-21(33)24(3,4)32-22-17(9-11-20(31-22)25(26,27)28)16-8-10-19-18(13-16)30-23(29)34-19/h8-11,13,15,21H,5-7,12,14H2,1-4H3,(H2,29,30)(H,31,32). The quantitative estimate of drug-likeness (QED) is 0.404. The number of fused-ring (bicyclic) bond motifs is 1. The van der Waals surface area contributed by atoms with Crippen molar-refractivity contribution in [3.8, 4) is 11.1 Å². The first-order chi connectivity index (χ1) is 15.9. The van der Waals surface area contributed by atoms with E-state index in [2.05, 4.69) is 47.9 Å². The number of nitrogens with one attached hydrogen (secondary N) is 1. The van der Waals surface area contributed by atoms with Crippen molar-refractivity contribution in [1.29, 1.82) is 0 Å². The number of halogens is 3. The number of nitrogens with two attached hydrogens (primary N) is 1. The van der Waals surface area contributed by atoms with Crippen LogP contribution in [-0.2, 0) is 6.18 Å². The smallest absolute Gasteiger partial charge is 0.375 e. The average molecular weight is 492 g/mol. The number of benzene rings is 1. The Kier molecular flexibility index (Phi) is 6.79. The zero-order valence-electron chi connectivity index (χ0n) is 20.0. The lowest BCUT2D eigenvalue weighted by molar-refractivity contribution is -0.141. The fourth-order valence-corrected chi connectivity index (χ4v) is 5.66. The van der Waals surface area contributed by atoms with Crippen LogP contribution in [-0.4, -0.2) is 39.5 Å². The van der Waals surface area contributed by atoms with Gasteiger partial charge in [-0.15, -0.1) is 0 Å². The van der Waals surface area contributed by atoms with E-state index in [0.717, 1.165) is 54.2 Å². The number of hydrogen-bond acceptors (Lipinski definition) is 6. The molecule has 1 fully saturated rings. The van der Waals surface area contributed by atoms with Crippen molar-refractivity contribution in [2.75, 3.05) is 24.1 Å². The molecule has 184 valence electrons. The largest absolute Gasteiger partial charge is 0.433 e. The van der Waals surface area contributed by atoms with Gasteiger partial charge in [0.05, 0.1) is 10.2 Å². The molecule has 5 nitrogen and oxygen atoms in total. The highest BCUT2D eigenvalue weighted by atomic mass is 32.1. The molecule has 1 aromatic carbocycles. The van der Waals surface area contributed by atoms with Gasteiger partial charge in [0, 0.05) is 23.7 Å². The summed E-state index contributed by atoms with van der Waals surface area (Å²) >= 11 is 1.38. The van der Waals surface area contributed by atoms with Gasteiger partial charge < -0.3 is 11.1 Å². The molecule has 1 saturated heterocycles. The maximum atomic E-state index is 13.6. The van der Waals surface area contributed by atoms with E-state index in [1.165, 1.54) is 17.4 Å². The van der Waals surface area contributed by atoms with Crippen molar-refractivity contribution in [3.05, 3.63) is 36.0 Å². The van der Waals surface area contributed by atoms with Crippen LogP contribution in [0.1, 0.15) is 52.7 Å². The third-order valence-corrected chi connectivity index (χ3v) is 7.25. The first kappa shape index (κ1) is 24.7. The number of rotatable bonds is 6. The molecule has 4 rings (SSSR count). The summed E-state index contributed by atoms with van der Waals surface area (Å²) < 4.78 is 41.7. The van der Waals surface area contributed by atoms with Gasteiger partial charge in [0.1, 0.15) is 11.5 Å². The van der Waals surface area contributed by atoms with E-state index in [9.17, 15) is 13.2 Å². The SMILES string of the molecule is CC(C)CN1CCCCC1C(C)(C)Nc1nc(C(F)(F)F)ccc1-c1ccc2sc(N)nc2c1. The highest BCUT2D eigenvalue weighted by Crippen LogP contribution is 2.38. The summed E-state index contributed by atoms with van der Waals surface area (Å²) in [4.78, 5) is 10.9. The molecule has 1 aliphatic heterocycles. The summed E-state index contributed by atoms with van der Waals surface area (Å²) in [5, 5.41) is 3.89. The van der Waals surface area contributed by atoms with Crippen LogP contribution < -0.4 is 11.1 Å². The van der Waals surface area contributed by atoms with Crippen LogP contribution in [0.25, 0.3) is 21.3 Å². The lowest BCUT2D eigenvalue weighted by Crippen LogP contribution is -2.56. The number of alkyl halides is 3. The summed E-state index contributed by atoms with van der Waals surface area (Å²) in [5.41, 5.74) is 6.53. The van der Waals surface area contributed by atoms with Crippen molar-refractivity contribution in [2.24, 2.45) is 5.92 Å². The van der Waals surface area contributed by atoms with Crippen molar-refractivity contribution >= 4 is 32.5 Å². The van der Waals surface area contributed by atoms with Gasteiger partial charge in [0.25, 0.3) is 0 Å². The van der Waals surface area contributed by atoms with Gasteiger partial charge >= 0.3 is 6.18 Å². The van der Waals surface area contributed by atoms with Crippen LogP contribution in [0.2, 0.25) is 0 Å². The zero-order valence-corrected chi connectivity index (χ0v) is 20.9. The van der Waals surface area contributed by atoms with E-state index in [0.29, 0.717) is 16.6 Å². The third kappa shape index (κ3) is 5.30. The Balaban J connectivity index is 1.75. The minimum absolute atomic E-state index is 0.189. The number of likely N-dealkylation sites (tertiary alicyclic amines) is 1. The van der Waals surface area contributed by atoms with E-state index in [-0.39, 0.29) is 11.9 Å². The average Bonchev–Trinajstić information content (AvgIpc) is 3.12. The summed E-state index contributed by atoms with van der Waals surface area (Å²) in [5.74, 6) is 0.744. The number of nitrogen functional groups attached to an aromatic ring is 1. The van der Waals surface area contributed by atoms with E-state index in [1.54, 1.807) is 0 Å². The molecule has 1 unspecified atom stereocenters. The molecule has 0 spiro atoms. The van der Waals surface area contributed by atoms with Crippen molar-refractivity contribution in [2.45, 2.75) is 64.7 Å². The number of nitrogens with zero attached hydrogens (tertiary/aromatic N) is 3. The van der Waals surface area contributed by atoms with E-state index in [1.807, 2.05) is 18.2 Å². The lowest BCUT2D eigenvalue weighted by Gasteiger charge is -2.46. The monoisotopic (exact) mass is 491 g/mol. The zero-order chi connectivity index (χ0) is 24.7. The first-order valence-corrected chi connectivity index (χ1v) is 12.5. The molecule has 0 saturated carbocycles. The van der Waals surface area contributed by atoms with Gasteiger partial charge in [0.15, 0.2) is 5.13 Å². The summed E-state index contributed by atoms with van der Waals surface area (Å²) in [6.45, 7) is 10.5. The normalized spacial score (nSPS) is 18.1. The maximum Gasteiger partial charge on any atom is 0.433 e. The van der Waals surface area contributed by atoms with Gasteiger partial charge in [-0.1, -0.05) is 37.7 Å². The molecule has 3 heterocycles. The topological polar surface area (TPSA) is 67.1 Å².